The molecule has 0 spiro atoms. The van der Waals surface area contributed by atoms with E-state index in [9.17, 15) is 0 Å². The van der Waals surface area contributed by atoms with E-state index in [0.29, 0.717) is 0 Å². The van der Waals surface area contributed by atoms with Crippen LogP contribution in [-0.4, -0.2) is 11.7 Å². The number of aryl methyl sites for hydroxylation is 1. The molecule has 0 unspecified atom stereocenters. The first-order chi connectivity index (χ1) is 11.7. The van der Waals surface area contributed by atoms with E-state index in [4.69, 9.17) is 4.74 Å². The second kappa shape index (κ2) is 7.37. The van der Waals surface area contributed by atoms with Crippen LogP contribution >= 0.6 is 0 Å². The number of ether oxygens (including phenoxy) is 1. The zero-order chi connectivity index (χ0) is 16.9. The molecule has 3 aromatic rings. The Morgan fingerprint density at radius 3 is 2.29 bits per heavy atom. The van der Waals surface area contributed by atoms with Crippen molar-refractivity contribution in [3.05, 3.63) is 83.2 Å². The van der Waals surface area contributed by atoms with E-state index in [-0.39, 0.29) is 0 Å². The summed E-state index contributed by atoms with van der Waals surface area (Å²) in [6.45, 7) is 6.05. The SMILES string of the molecule is COc1ccc(CNCc2cc(C)n(-c3ccccc3)c2C)cc1. The molecule has 0 aliphatic rings. The van der Waals surface area contributed by atoms with Crippen molar-refractivity contribution < 1.29 is 4.74 Å². The van der Waals surface area contributed by atoms with Gasteiger partial charge in [0.25, 0.3) is 0 Å². The first-order valence-corrected chi connectivity index (χ1v) is 8.26. The fourth-order valence-corrected chi connectivity index (χ4v) is 3.07. The van der Waals surface area contributed by atoms with Crippen LogP contribution in [0, 0.1) is 13.8 Å². The monoisotopic (exact) mass is 320 g/mol. The maximum Gasteiger partial charge on any atom is 0.118 e. The maximum atomic E-state index is 5.19. The van der Waals surface area contributed by atoms with Crippen molar-refractivity contribution in [2.24, 2.45) is 0 Å². The first kappa shape index (κ1) is 16.3. The summed E-state index contributed by atoms with van der Waals surface area (Å²) in [6, 6.07) is 21.0. The molecular formula is C21H24N2O. The van der Waals surface area contributed by atoms with Crippen molar-refractivity contribution in [2.45, 2.75) is 26.9 Å². The molecule has 24 heavy (non-hydrogen) atoms. The van der Waals surface area contributed by atoms with E-state index in [2.05, 4.69) is 72.3 Å². The average Bonchev–Trinajstić information content (AvgIpc) is 2.90. The minimum absolute atomic E-state index is 0.846. The predicted molar refractivity (Wildman–Crippen MR) is 98.8 cm³/mol. The van der Waals surface area contributed by atoms with Crippen LogP contribution in [0.25, 0.3) is 5.69 Å². The third kappa shape index (κ3) is 3.52. The summed E-state index contributed by atoms with van der Waals surface area (Å²) in [5.74, 6) is 0.894. The van der Waals surface area contributed by atoms with E-state index in [1.54, 1.807) is 7.11 Å². The summed E-state index contributed by atoms with van der Waals surface area (Å²) in [5.41, 5.74) is 6.37. The Balaban J connectivity index is 1.67. The molecule has 3 rings (SSSR count). The molecule has 0 aliphatic heterocycles. The average molecular weight is 320 g/mol. The largest absolute Gasteiger partial charge is 0.497 e. The van der Waals surface area contributed by atoms with Crippen LogP contribution in [0.3, 0.4) is 0 Å². The molecule has 0 radical (unpaired) electrons. The van der Waals surface area contributed by atoms with Crippen LogP contribution in [0.1, 0.15) is 22.5 Å². The second-order valence-corrected chi connectivity index (χ2v) is 6.02. The molecule has 2 aromatic carbocycles. The Labute approximate surface area is 143 Å². The molecule has 0 bridgehead atoms. The summed E-state index contributed by atoms with van der Waals surface area (Å²) in [6.07, 6.45) is 0. The fourth-order valence-electron chi connectivity index (χ4n) is 3.07. The van der Waals surface area contributed by atoms with Crippen molar-refractivity contribution in [2.75, 3.05) is 7.11 Å². The molecule has 0 amide bonds. The highest BCUT2D eigenvalue weighted by atomic mass is 16.5. The van der Waals surface area contributed by atoms with Gasteiger partial charge < -0.3 is 14.6 Å². The van der Waals surface area contributed by atoms with Gasteiger partial charge in [-0.1, -0.05) is 30.3 Å². The van der Waals surface area contributed by atoms with Crippen LogP contribution in [0.15, 0.2) is 60.7 Å². The number of nitrogens with zero attached hydrogens (tertiary/aromatic N) is 1. The van der Waals surface area contributed by atoms with E-state index >= 15 is 0 Å². The molecule has 1 heterocycles. The summed E-state index contributed by atoms with van der Waals surface area (Å²) >= 11 is 0. The van der Waals surface area contributed by atoms with Crippen LogP contribution in [-0.2, 0) is 13.1 Å². The van der Waals surface area contributed by atoms with Gasteiger partial charge in [-0.2, -0.15) is 0 Å². The smallest absolute Gasteiger partial charge is 0.118 e. The predicted octanol–water partition coefficient (Wildman–Crippen LogP) is 4.39. The molecule has 0 atom stereocenters. The number of hydrogen-bond acceptors (Lipinski definition) is 2. The van der Waals surface area contributed by atoms with Crippen molar-refractivity contribution in [1.82, 2.24) is 9.88 Å². The van der Waals surface area contributed by atoms with Gasteiger partial charge in [-0.15, -0.1) is 0 Å². The van der Waals surface area contributed by atoms with Gasteiger partial charge in [-0.05, 0) is 55.3 Å². The lowest BCUT2D eigenvalue weighted by molar-refractivity contribution is 0.414. The molecule has 0 fully saturated rings. The summed E-state index contributed by atoms with van der Waals surface area (Å²) in [4.78, 5) is 0. The Morgan fingerprint density at radius 2 is 1.62 bits per heavy atom. The Morgan fingerprint density at radius 1 is 0.917 bits per heavy atom. The molecule has 3 heteroatoms. The van der Waals surface area contributed by atoms with Gasteiger partial charge in [0.15, 0.2) is 0 Å². The Bertz CT molecular complexity index is 789. The highest BCUT2D eigenvalue weighted by Gasteiger charge is 2.10. The second-order valence-electron chi connectivity index (χ2n) is 6.02. The Hall–Kier alpha value is -2.52. The molecular weight excluding hydrogens is 296 g/mol. The lowest BCUT2D eigenvalue weighted by Gasteiger charge is -2.10. The van der Waals surface area contributed by atoms with Gasteiger partial charge in [0.2, 0.25) is 0 Å². The van der Waals surface area contributed by atoms with Crippen molar-refractivity contribution in [3.8, 4) is 11.4 Å². The van der Waals surface area contributed by atoms with E-state index in [1.807, 2.05) is 12.1 Å². The zero-order valence-electron chi connectivity index (χ0n) is 14.5. The van der Waals surface area contributed by atoms with Gasteiger partial charge in [0.05, 0.1) is 7.11 Å². The number of hydrogen-bond donors (Lipinski definition) is 1. The van der Waals surface area contributed by atoms with Crippen LogP contribution in [0.4, 0.5) is 0 Å². The number of benzene rings is 2. The van der Waals surface area contributed by atoms with Crippen LogP contribution < -0.4 is 10.1 Å². The third-order valence-corrected chi connectivity index (χ3v) is 4.35. The quantitative estimate of drug-likeness (QED) is 0.729. The van der Waals surface area contributed by atoms with Crippen LogP contribution in [0.2, 0.25) is 0 Å². The highest BCUT2D eigenvalue weighted by molar-refractivity contribution is 5.41. The van der Waals surface area contributed by atoms with E-state index in [1.165, 1.54) is 28.2 Å². The molecule has 0 saturated carbocycles. The van der Waals surface area contributed by atoms with E-state index in [0.717, 1.165) is 18.8 Å². The highest BCUT2D eigenvalue weighted by Crippen LogP contribution is 2.20. The van der Waals surface area contributed by atoms with E-state index < -0.39 is 0 Å². The minimum atomic E-state index is 0.846. The van der Waals surface area contributed by atoms with Gasteiger partial charge >= 0.3 is 0 Å². The number of aromatic nitrogens is 1. The standard InChI is InChI=1S/C21H24N2O/c1-16-13-19(17(2)23(16)20-7-5-4-6-8-20)15-22-14-18-9-11-21(24-3)12-10-18/h4-13,22H,14-15H2,1-3H3. The molecule has 1 N–H and O–H groups in total. The molecule has 1 aromatic heterocycles. The number of methoxy groups -OCH3 is 1. The molecule has 3 nitrogen and oxygen atoms in total. The fraction of sp³-hybridized carbons (Fsp3) is 0.238. The van der Waals surface area contributed by atoms with Gasteiger partial charge in [-0.3, -0.25) is 0 Å². The molecule has 0 saturated heterocycles. The lowest BCUT2D eigenvalue weighted by Crippen LogP contribution is -2.13. The maximum absolute atomic E-state index is 5.19. The number of rotatable bonds is 6. The third-order valence-electron chi connectivity index (χ3n) is 4.35. The first-order valence-electron chi connectivity index (χ1n) is 8.26. The van der Waals surface area contributed by atoms with Gasteiger partial charge in [-0.25, -0.2) is 0 Å². The molecule has 124 valence electrons. The van der Waals surface area contributed by atoms with Gasteiger partial charge in [0.1, 0.15) is 5.75 Å². The normalized spacial score (nSPS) is 10.8. The topological polar surface area (TPSA) is 26.2 Å². The molecule has 0 aliphatic carbocycles. The number of nitrogens with one attached hydrogen (secondary N) is 1. The summed E-state index contributed by atoms with van der Waals surface area (Å²) in [5, 5.41) is 3.53. The number of para-hydroxylation sites is 1. The van der Waals surface area contributed by atoms with Crippen molar-refractivity contribution in [1.29, 1.82) is 0 Å². The minimum Gasteiger partial charge on any atom is -0.497 e. The van der Waals surface area contributed by atoms with Crippen molar-refractivity contribution in [3.63, 3.8) is 0 Å². The summed E-state index contributed by atoms with van der Waals surface area (Å²) < 4.78 is 7.50. The lowest BCUT2D eigenvalue weighted by atomic mass is 10.2. The Kier molecular flexibility index (Phi) is 5.02. The van der Waals surface area contributed by atoms with Crippen molar-refractivity contribution >= 4 is 0 Å². The zero-order valence-corrected chi connectivity index (χ0v) is 14.5. The summed E-state index contributed by atoms with van der Waals surface area (Å²) in [7, 11) is 1.69. The van der Waals surface area contributed by atoms with Gasteiger partial charge in [0, 0.05) is 30.2 Å². The van der Waals surface area contributed by atoms with Crippen LogP contribution in [0.5, 0.6) is 5.75 Å².